The summed E-state index contributed by atoms with van der Waals surface area (Å²) in [5.41, 5.74) is 0. The maximum absolute atomic E-state index is 12.0. The Morgan fingerprint density at radius 3 is 2.71 bits per heavy atom. The van der Waals surface area contributed by atoms with E-state index in [-0.39, 0.29) is 17.9 Å². The average molecular weight is 259 g/mol. The minimum Gasteiger partial charge on any atom is -0.467 e. The van der Waals surface area contributed by atoms with Crippen LogP contribution in [-0.2, 0) is 14.3 Å². The molecule has 1 saturated heterocycles. The predicted octanol–water partition coefficient (Wildman–Crippen LogP) is 1.68. The van der Waals surface area contributed by atoms with E-state index in [0.29, 0.717) is 17.5 Å². The van der Waals surface area contributed by atoms with Gasteiger partial charge in [0.05, 0.1) is 12.9 Å². The second-order valence-corrected chi connectivity index (χ2v) is 6.05. The van der Waals surface area contributed by atoms with E-state index in [1.165, 1.54) is 7.11 Å². The quantitative estimate of drug-likeness (QED) is 0.721. The molecule has 1 heterocycles. The Kier molecular flexibility index (Phi) is 5.82. The average Bonchev–Trinajstić information content (AvgIpc) is 2.34. The van der Waals surface area contributed by atoms with Gasteiger partial charge < -0.3 is 9.64 Å². The summed E-state index contributed by atoms with van der Waals surface area (Å²) in [7, 11) is 1.38. The zero-order chi connectivity index (χ0) is 12.8. The summed E-state index contributed by atoms with van der Waals surface area (Å²) in [4.78, 5) is 25.3. The van der Waals surface area contributed by atoms with E-state index in [2.05, 4.69) is 13.8 Å². The highest BCUT2D eigenvalue weighted by Gasteiger charge is 2.32. The van der Waals surface area contributed by atoms with Crippen LogP contribution in [-0.4, -0.2) is 47.5 Å². The zero-order valence-corrected chi connectivity index (χ0v) is 11.6. The Bertz CT molecular complexity index is 281. The number of esters is 1. The lowest BCUT2D eigenvalue weighted by Gasteiger charge is -2.33. The number of thioether (sulfide) groups is 1. The Labute approximate surface area is 107 Å². The summed E-state index contributed by atoms with van der Waals surface area (Å²) in [6.45, 7) is 4.80. The first kappa shape index (κ1) is 14.4. The van der Waals surface area contributed by atoms with Crippen LogP contribution in [0.4, 0.5) is 0 Å². The van der Waals surface area contributed by atoms with Gasteiger partial charge in [-0.05, 0) is 24.5 Å². The molecule has 0 radical (unpaired) electrons. The summed E-state index contributed by atoms with van der Waals surface area (Å²) in [6, 6.07) is -0.367. The van der Waals surface area contributed by atoms with Gasteiger partial charge in [-0.1, -0.05) is 13.8 Å². The fourth-order valence-corrected chi connectivity index (χ4v) is 2.57. The molecule has 17 heavy (non-hydrogen) atoms. The lowest BCUT2D eigenvalue weighted by Crippen LogP contribution is -2.49. The number of piperidine rings is 1. The van der Waals surface area contributed by atoms with Crippen LogP contribution in [0.15, 0.2) is 0 Å². The van der Waals surface area contributed by atoms with Crippen LogP contribution in [0.25, 0.3) is 0 Å². The first-order valence-electron chi connectivity index (χ1n) is 6.05. The summed E-state index contributed by atoms with van der Waals surface area (Å²) in [5, 5.41) is 0.431. The van der Waals surface area contributed by atoms with Crippen LogP contribution < -0.4 is 0 Å². The predicted molar refractivity (Wildman–Crippen MR) is 69.0 cm³/mol. The molecule has 1 aliphatic heterocycles. The molecule has 1 rings (SSSR count). The van der Waals surface area contributed by atoms with Crippen molar-refractivity contribution in [1.29, 1.82) is 0 Å². The summed E-state index contributed by atoms with van der Waals surface area (Å²) in [6.07, 6.45) is 2.69. The number of carbonyl (C=O) groups is 2. The summed E-state index contributed by atoms with van der Waals surface area (Å²) in [5.74, 6) is 0.219. The van der Waals surface area contributed by atoms with Crippen molar-refractivity contribution in [2.45, 2.75) is 44.4 Å². The molecule has 0 saturated carbocycles. The molecule has 1 fully saturated rings. The van der Waals surface area contributed by atoms with Crippen LogP contribution in [0.5, 0.6) is 0 Å². The first-order chi connectivity index (χ1) is 8.06. The molecule has 0 aromatic heterocycles. The second kappa shape index (κ2) is 6.89. The van der Waals surface area contributed by atoms with Gasteiger partial charge in [-0.15, -0.1) is 11.8 Å². The number of rotatable bonds is 4. The van der Waals surface area contributed by atoms with E-state index in [1.807, 2.05) is 0 Å². The monoisotopic (exact) mass is 259 g/mol. The lowest BCUT2D eigenvalue weighted by atomic mass is 10.0. The highest BCUT2D eigenvalue weighted by atomic mass is 32.2. The molecule has 5 heteroatoms. The second-order valence-electron chi connectivity index (χ2n) is 4.48. The highest BCUT2D eigenvalue weighted by molar-refractivity contribution is 8.00. The molecule has 0 aliphatic carbocycles. The molecule has 4 nitrogen and oxygen atoms in total. The molecule has 0 bridgehead atoms. The van der Waals surface area contributed by atoms with Crippen molar-refractivity contribution in [2.75, 3.05) is 19.4 Å². The van der Waals surface area contributed by atoms with Crippen molar-refractivity contribution in [3.63, 3.8) is 0 Å². The number of hydrogen-bond acceptors (Lipinski definition) is 4. The van der Waals surface area contributed by atoms with Gasteiger partial charge in [-0.25, -0.2) is 4.79 Å². The van der Waals surface area contributed by atoms with E-state index in [4.69, 9.17) is 4.74 Å². The summed E-state index contributed by atoms with van der Waals surface area (Å²) < 4.78 is 4.76. The fourth-order valence-electron chi connectivity index (χ4n) is 1.93. The fraction of sp³-hybridized carbons (Fsp3) is 0.833. The van der Waals surface area contributed by atoms with Crippen LogP contribution in [0.1, 0.15) is 33.1 Å². The van der Waals surface area contributed by atoms with Gasteiger partial charge in [0.25, 0.3) is 0 Å². The molecule has 98 valence electrons. The van der Waals surface area contributed by atoms with Crippen LogP contribution in [0.2, 0.25) is 0 Å². The van der Waals surface area contributed by atoms with Crippen molar-refractivity contribution in [3.05, 3.63) is 0 Å². The highest BCUT2D eigenvalue weighted by Crippen LogP contribution is 2.20. The molecule has 1 amide bonds. The molecular weight excluding hydrogens is 238 g/mol. The molecule has 1 aliphatic rings. The van der Waals surface area contributed by atoms with Gasteiger partial charge in [0.15, 0.2) is 0 Å². The molecule has 0 aromatic rings. The lowest BCUT2D eigenvalue weighted by molar-refractivity contribution is -0.153. The number of amides is 1. The maximum atomic E-state index is 12.0. The number of hydrogen-bond donors (Lipinski definition) is 0. The van der Waals surface area contributed by atoms with Crippen molar-refractivity contribution < 1.29 is 14.3 Å². The van der Waals surface area contributed by atoms with Gasteiger partial charge in [0, 0.05) is 6.54 Å². The smallest absolute Gasteiger partial charge is 0.328 e. The van der Waals surface area contributed by atoms with Crippen molar-refractivity contribution >= 4 is 23.6 Å². The standard InChI is InChI=1S/C12H21NO3S/c1-9(2)17-8-11(14)13-7-5-4-6-10(13)12(15)16-3/h9-10H,4-8H2,1-3H3. The minimum absolute atomic E-state index is 0.0544. The molecular formula is C12H21NO3S. The molecule has 1 atom stereocenters. The summed E-state index contributed by atoms with van der Waals surface area (Å²) >= 11 is 1.61. The van der Waals surface area contributed by atoms with E-state index in [1.54, 1.807) is 16.7 Å². The van der Waals surface area contributed by atoms with E-state index in [9.17, 15) is 9.59 Å². The third-order valence-corrected chi connectivity index (χ3v) is 3.92. The topological polar surface area (TPSA) is 46.6 Å². The Hall–Kier alpha value is -0.710. The number of likely N-dealkylation sites (tertiary alicyclic amines) is 1. The van der Waals surface area contributed by atoms with Gasteiger partial charge in [0.2, 0.25) is 5.91 Å². The van der Waals surface area contributed by atoms with Crippen molar-refractivity contribution in [1.82, 2.24) is 4.90 Å². The zero-order valence-electron chi connectivity index (χ0n) is 10.8. The third kappa shape index (κ3) is 4.22. The third-order valence-electron chi connectivity index (χ3n) is 2.84. The maximum Gasteiger partial charge on any atom is 0.328 e. The van der Waals surface area contributed by atoms with Crippen LogP contribution in [0.3, 0.4) is 0 Å². The molecule has 0 N–H and O–H groups in total. The number of methoxy groups -OCH3 is 1. The number of nitrogens with zero attached hydrogens (tertiary/aromatic N) is 1. The van der Waals surface area contributed by atoms with E-state index < -0.39 is 0 Å². The number of carbonyl (C=O) groups excluding carboxylic acids is 2. The van der Waals surface area contributed by atoms with Crippen molar-refractivity contribution in [2.24, 2.45) is 0 Å². The van der Waals surface area contributed by atoms with Crippen LogP contribution >= 0.6 is 11.8 Å². The Morgan fingerprint density at radius 2 is 2.12 bits per heavy atom. The van der Waals surface area contributed by atoms with Crippen LogP contribution in [0, 0.1) is 0 Å². The van der Waals surface area contributed by atoms with E-state index >= 15 is 0 Å². The normalized spacial score (nSPS) is 20.5. The number of ether oxygens (including phenoxy) is 1. The molecule has 1 unspecified atom stereocenters. The molecule has 0 aromatic carbocycles. The van der Waals surface area contributed by atoms with Gasteiger partial charge in [-0.3, -0.25) is 4.79 Å². The van der Waals surface area contributed by atoms with E-state index in [0.717, 1.165) is 19.3 Å². The Morgan fingerprint density at radius 1 is 1.41 bits per heavy atom. The minimum atomic E-state index is -0.367. The first-order valence-corrected chi connectivity index (χ1v) is 7.10. The Balaban J connectivity index is 2.58. The molecule has 0 spiro atoms. The van der Waals surface area contributed by atoms with Crippen molar-refractivity contribution in [3.8, 4) is 0 Å². The van der Waals surface area contributed by atoms with Gasteiger partial charge >= 0.3 is 5.97 Å². The van der Waals surface area contributed by atoms with Gasteiger partial charge in [0.1, 0.15) is 6.04 Å². The SMILES string of the molecule is COC(=O)C1CCCCN1C(=O)CSC(C)C. The van der Waals surface area contributed by atoms with Gasteiger partial charge in [-0.2, -0.15) is 0 Å². The largest absolute Gasteiger partial charge is 0.467 e.